The summed E-state index contributed by atoms with van der Waals surface area (Å²) in [5, 5.41) is 6.37. The first-order chi connectivity index (χ1) is 12.6. The van der Waals surface area contributed by atoms with Crippen LogP contribution in [0.2, 0.25) is 0 Å². The number of nitrogens with one attached hydrogen (secondary N) is 2. The molecule has 142 valence electrons. The highest BCUT2D eigenvalue weighted by Gasteiger charge is 2.36. The van der Waals surface area contributed by atoms with Gasteiger partial charge in [0.05, 0.1) is 12.0 Å². The van der Waals surface area contributed by atoms with Crippen LogP contribution in [-0.4, -0.2) is 67.4 Å². The number of nitrogens with zero attached hydrogens (tertiary/aromatic N) is 2. The zero-order valence-corrected chi connectivity index (χ0v) is 15.6. The van der Waals surface area contributed by atoms with E-state index >= 15 is 0 Å². The Bertz CT molecular complexity index is 601. The molecule has 1 aromatic carbocycles. The van der Waals surface area contributed by atoms with E-state index in [1.54, 1.807) is 0 Å². The van der Waals surface area contributed by atoms with Crippen molar-refractivity contribution in [3.63, 3.8) is 0 Å². The molecule has 6 heteroatoms. The van der Waals surface area contributed by atoms with Gasteiger partial charge in [0, 0.05) is 45.7 Å². The molecule has 26 heavy (non-hydrogen) atoms. The maximum absolute atomic E-state index is 12.4. The predicted octanol–water partition coefficient (Wildman–Crippen LogP) is 1.01. The molecule has 2 unspecified atom stereocenters. The summed E-state index contributed by atoms with van der Waals surface area (Å²) in [6.45, 7) is 8.50. The Balaban J connectivity index is 1.42. The number of carbonyl (C=O) groups excluding carboxylic acids is 2. The number of likely N-dealkylation sites (tertiary alicyclic amines) is 1. The maximum Gasteiger partial charge on any atom is 0.225 e. The molecular weight excluding hydrogens is 328 g/mol. The molecule has 2 saturated heterocycles. The van der Waals surface area contributed by atoms with Crippen molar-refractivity contribution >= 4 is 11.8 Å². The van der Waals surface area contributed by atoms with Gasteiger partial charge >= 0.3 is 0 Å². The van der Waals surface area contributed by atoms with Crippen molar-refractivity contribution in [2.75, 3.05) is 45.8 Å². The van der Waals surface area contributed by atoms with Crippen molar-refractivity contribution in [3.05, 3.63) is 35.9 Å². The third-order valence-electron chi connectivity index (χ3n) is 5.44. The van der Waals surface area contributed by atoms with Crippen LogP contribution in [0.3, 0.4) is 0 Å². The average Bonchev–Trinajstić information content (AvgIpc) is 3.08. The predicted molar refractivity (Wildman–Crippen MR) is 102 cm³/mol. The van der Waals surface area contributed by atoms with Crippen molar-refractivity contribution in [2.24, 2.45) is 5.92 Å². The third-order valence-corrected chi connectivity index (χ3v) is 5.44. The van der Waals surface area contributed by atoms with Gasteiger partial charge in [-0.1, -0.05) is 30.3 Å². The van der Waals surface area contributed by atoms with Crippen molar-refractivity contribution in [2.45, 2.75) is 25.8 Å². The molecule has 2 N–H and O–H groups in total. The minimum absolute atomic E-state index is 0.00853. The first kappa shape index (κ1) is 18.9. The molecule has 0 bridgehead atoms. The molecule has 0 aliphatic carbocycles. The Morgan fingerprint density at radius 1 is 1.27 bits per heavy atom. The Morgan fingerprint density at radius 2 is 2.00 bits per heavy atom. The molecule has 2 amide bonds. The first-order valence-electron chi connectivity index (χ1n) is 9.70. The normalized spacial score (nSPS) is 22.4. The first-order valence-corrected chi connectivity index (χ1v) is 9.70. The number of rotatable bonds is 7. The summed E-state index contributed by atoms with van der Waals surface area (Å²) >= 11 is 0. The van der Waals surface area contributed by atoms with Gasteiger partial charge in [-0.3, -0.25) is 9.59 Å². The molecule has 0 radical (unpaired) electrons. The number of amides is 2. The van der Waals surface area contributed by atoms with E-state index in [1.807, 2.05) is 42.2 Å². The van der Waals surface area contributed by atoms with Crippen LogP contribution in [0.5, 0.6) is 0 Å². The Morgan fingerprint density at radius 3 is 2.73 bits per heavy atom. The molecule has 2 aliphatic heterocycles. The van der Waals surface area contributed by atoms with E-state index in [0.717, 1.165) is 44.7 Å². The maximum atomic E-state index is 12.4. The second-order valence-corrected chi connectivity index (χ2v) is 7.27. The second kappa shape index (κ2) is 9.14. The lowest BCUT2D eigenvalue weighted by Gasteiger charge is -2.27. The van der Waals surface area contributed by atoms with Gasteiger partial charge < -0.3 is 20.4 Å². The van der Waals surface area contributed by atoms with Crippen molar-refractivity contribution in [1.82, 2.24) is 20.4 Å². The van der Waals surface area contributed by atoms with Gasteiger partial charge in [-0.25, -0.2) is 0 Å². The molecule has 3 rings (SSSR count). The number of carbonyl (C=O) groups is 2. The molecule has 2 aliphatic rings. The van der Waals surface area contributed by atoms with Gasteiger partial charge in [-0.05, 0) is 25.5 Å². The largest absolute Gasteiger partial charge is 0.356 e. The van der Waals surface area contributed by atoms with Crippen molar-refractivity contribution < 1.29 is 9.59 Å². The van der Waals surface area contributed by atoms with Crippen LogP contribution in [-0.2, 0) is 9.59 Å². The summed E-state index contributed by atoms with van der Waals surface area (Å²) < 4.78 is 0. The average molecular weight is 358 g/mol. The summed E-state index contributed by atoms with van der Waals surface area (Å²) in [5.41, 5.74) is 1.11. The Hall–Kier alpha value is -1.92. The van der Waals surface area contributed by atoms with Crippen LogP contribution < -0.4 is 10.6 Å². The van der Waals surface area contributed by atoms with Crippen LogP contribution >= 0.6 is 0 Å². The van der Waals surface area contributed by atoms with E-state index in [0.29, 0.717) is 19.5 Å². The molecule has 2 atom stereocenters. The van der Waals surface area contributed by atoms with E-state index in [-0.39, 0.29) is 23.8 Å². The number of piperazine rings is 1. The summed E-state index contributed by atoms with van der Waals surface area (Å²) in [6.07, 6.45) is 1.28. The fourth-order valence-electron chi connectivity index (χ4n) is 3.79. The molecule has 2 heterocycles. The van der Waals surface area contributed by atoms with Gasteiger partial charge in [0.15, 0.2) is 0 Å². The minimum atomic E-state index is -0.229. The smallest absolute Gasteiger partial charge is 0.225 e. The van der Waals surface area contributed by atoms with E-state index in [2.05, 4.69) is 15.5 Å². The molecule has 0 saturated carbocycles. The zero-order valence-electron chi connectivity index (χ0n) is 15.6. The highest BCUT2D eigenvalue weighted by Crippen LogP contribution is 2.28. The third kappa shape index (κ3) is 4.83. The van der Waals surface area contributed by atoms with Crippen LogP contribution in [0.15, 0.2) is 30.3 Å². The fourth-order valence-corrected chi connectivity index (χ4v) is 3.79. The van der Waals surface area contributed by atoms with Gasteiger partial charge in [-0.2, -0.15) is 0 Å². The Labute approximate surface area is 155 Å². The van der Waals surface area contributed by atoms with E-state index in [4.69, 9.17) is 0 Å². The number of hydrogen-bond acceptors (Lipinski definition) is 4. The quantitative estimate of drug-likeness (QED) is 0.714. The van der Waals surface area contributed by atoms with Gasteiger partial charge in [-0.15, -0.1) is 0 Å². The highest BCUT2D eigenvalue weighted by atomic mass is 16.2. The summed E-state index contributed by atoms with van der Waals surface area (Å²) in [6, 6.07) is 10.0. The van der Waals surface area contributed by atoms with Gasteiger partial charge in [0.1, 0.15) is 0 Å². The second-order valence-electron chi connectivity index (χ2n) is 7.27. The number of benzene rings is 1. The topological polar surface area (TPSA) is 64.7 Å². The lowest BCUT2D eigenvalue weighted by Crippen LogP contribution is -2.44. The lowest BCUT2D eigenvalue weighted by atomic mass is 10.1. The minimum Gasteiger partial charge on any atom is -0.356 e. The Kier molecular flexibility index (Phi) is 6.63. The van der Waals surface area contributed by atoms with E-state index in [9.17, 15) is 9.59 Å². The number of hydrogen-bond donors (Lipinski definition) is 2. The van der Waals surface area contributed by atoms with E-state index < -0.39 is 0 Å². The van der Waals surface area contributed by atoms with E-state index in [1.165, 1.54) is 0 Å². The standard InChI is InChI=1S/C20H30N4O2/c1-16(17-6-3-2-4-7-17)24-15-18(14-19(24)25)20(26)22-8-5-11-23-12-9-21-10-13-23/h2-4,6-7,16,18,21H,5,8-15H2,1H3,(H,22,26). The zero-order chi connectivity index (χ0) is 18.4. The van der Waals surface area contributed by atoms with Crippen molar-refractivity contribution in [1.29, 1.82) is 0 Å². The van der Waals surface area contributed by atoms with Crippen LogP contribution in [0.1, 0.15) is 31.4 Å². The monoisotopic (exact) mass is 358 g/mol. The molecular formula is C20H30N4O2. The summed E-state index contributed by atoms with van der Waals surface area (Å²) in [4.78, 5) is 29.1. The molecule has 0 aromatic heterocycles. The lowest BCUT2D eigenvalue weighted by molar-refractivity contribution is -0.130. The molecule has 6 nitrogen and oxygen atoms in total. The summed E-state index contributed by atoms with van der Waals surface area (Å²) in [7, 11) is 0. The highest BCUT2D eigenvalue weighted by molar-refractivity contribution is 5.89. The molecule has 1 aromatic rings. The molecule has 2 fully saturated rings. The van der Waals surface area contributed by atoms with Crippen LogP contribution in [0, 0.1) is 5.92 Å². The molecule has 0 spiro atoms. The summed E-state index contributed by atoms with van der Waals surface area (Å²) in [5.74, 6) is -0.142. The van der Waals surface area contributed by atoms with Crippen molar-refractivity contribution in [3.8, 4) is 0 Å². The van der Waals surface area contributed by atoms with Crippen LogP contribution in [0.25, 0.3) is 0 Å². The SMILES string of the molecule is CC(c1ccccc1)N1CC(C(=O)NCCCN2CCNCC2)CC1=O. The van der Waals surface area contributed by atoms with Gasteiger partial charge in [0.2, 0.25) is 11.8 Å². The fraction of sp³-hybridized carbons (Fsp3) is 0.600. The van der Waals surface area contributed by atoms with Gasteiger partial charge in [0.25, 0.3) is 0 Å². The van der Waals surface area contributed by atoms with Crippen LogP contribution in [0.4, 0.5) is 0 Å².